The molecule has 0 radical (unpaired) electrons. The van der Waals surface area contributed by atoms with Gasteiger partial charge in [-0.1, -0.05) is 0 Å². The first-order valence-corrected chi connectivity index (χ1v) is 7.67. The third-order valence-corrected chi connectivity index (χ3v) is 5.88. The molecule has 0 heterocycles. The van der Waals surface area contributed by atoms with E-state index in [9.17, 15) is 0 Å². The summed E-state index contributed by atoms with van der Waals surface area (Å²) in [5, 5.41) is 5.87. The monoisotopic (exact) mass is 141 g/mol. The van der Waals surface area contributed by atoms with Crippen LogP contribution >= 0.6 is 19.2 Å². The van der Waals surface area contributed by atoms with Crippen molar-refractivity contribution in [2.24, 2.45) is 5.14 Å². The van der Waals surface area contributed by atoms with Gasteiger partial charge in [0.1, 0.15) is 0 Å². The lowest BCUT2D eigenvalue weighted by atomic mass is 11.9. The zero-order valence-corrected chi connectivity index (χ0v) is 7.14. The Bertz CT molecular complexity index is 62.2. The fraction of sp³-hybridized carbons (Fsp3) is 1.00. The van der Waals surface area contributed by atoms with Crippen LogP contribution in [0.4, 0.5) is 0 Å². The standard InChI is InChI=1S/C4H15NS2/c1-6-7(2,3,4)5/h7H,5H2,1-4H3. The molecule has 0 aromatic rings. The average molecular weight is 141 g/mol. The second-order valence-electron chi connectivity index (χ2n) is 2.95. The predicted octanol–water partition coefficient (Wildman–Crippen LogP) is 1.10. The van der Waals surface area contributed by atoms with Crippen molar-refractivity contribution in [3.8, 4) is 0 Å². The normalized spacial score (nSPS) is 18.1. The molecule has 0 saturated heterocycles. The number of hydrogen-bond acceptors (Lipinski definition) is 2. The van der Waals surface area contributed by atoms with Gasteiger partial charge in [0.25, 0.3) is 0 Å². The molecule has 0 fully saturated rings. The second-order valence-corrected chi connectivity index (χ2v) is 13.9. The molecule has 0 aliphatic carbocycles. The van der Waals surface area contributed by atoms with Crippen molar-refractivity contribution in [2.45, 2.75) is 0 Å². The maximum atomic E-state index is 5.87. The van der Waals surface area contributed by atoms with E-state index in [1.54, 1.807) is 10.8 Å². The van der Waals surface area contributed by atoms with Crippen LogP contribution in [0.25, 0.3) is 0 Å². The third kappa shape index (κ3) is 6.66. The van der Waals surface area contributed by atoms with E-state index in [1.165, 1.54) is 0 Å². The van der Waals surface area contributed by atoms with Gasteiger partial charge in [-0.15, -0.1) is 10.8 Å². The van der Waals surface area contributed by atoms with Crippen LogP contribution in [-0.4, -0.2) is 25.0 Å². The maximum absolute atomic E-state index is 5.87. The maximum Gasteiger partial charge on any atom is -0.00990 e. The topological polar surface area (TPSA) is 26.0 Å². The van der Waals surface area contributed by atoms with Crippen molar-refractivity contribution in [3.05, 3.63) is 0 Å². The van der Waals surface area contributed by atoms with Crippen LogP contribution in [0.1, 0.15) is 0 Å². The Morgan fingerprint density at radius 1 is 1.29 bits per heavy atom. The summed E-state index contributed by atoms with van der Waals surface area (Å²) in [7, 11) is 0.134. The van der Waals surface area contributed by atoms with Gasteiger partial charge in [-0.2, -0.15) is 0 Å². The van der Waals surface area contributed by atoms with Crippen LogP contribution in [0.2, 0.25) is 0 Å². The Morgan fingerprint density at radius 3 is 1.43 bits per heavy atom. The van der Waals surface area contributed by atoms with Crippen LogP contribution in [0.3, 0.4) is 0 Å². The summed E-state index contributed by atoms with van der Waals surface area (Å²) in [6.07, 6.45) is 8.47. The molecule has 0 saturated carbocycles. The minimum absolute atomic E-state index is 1.66. The van der Waals surface area contributed by atoms with Gasteiger partial charge in [-0.25, -0.2) is 8.38 Å². The first-order valence-electron chi connectivity index (χ1n) is 2.19. The number of hydrogen-bond donors (Lipinski definition) is 2. The van der Waals surface area contributed by atoms with Gasteiger partial charge in [0.05, 0.1) is 0 Å². The lowest BCUT2D eigenvalue weighted by Crippen LogP contribution is -2.17. The highest BCUT2D eigenvalue weighted by molar-refractivity contribution is 9.01. The third-order valence-electron chi connectivity index (χ3n) is 0.653. The minimum atomic E-state index is -1.66. The van der Waals surface area contributed by atoms with Gasteiger partial charge in [0, 0.05) is 0 Å². The highest BCUT2D eigenvalue weighted by atomic mass is 33.2. The molecule has 0 aromatic heterocycles. The van der Waals surface area contributed by atoms with E-state index in [4.69, 9.17) is 5.14 Å². The first kappa shape index (κ1) is 7.66. The molecule has 0 aliphatic heterocycles. The average Bonchev–Trinajstić information content (AvgIpc) is 1.32. The van der Waals surface area contributed by atoms with Crippen LogP contribution < -0.4 is 5.14 Å². The van der Waals surface area contributed by atoms with E-state index in [0.717, 1.165) is 0 Å². The minimum Gasteiger partial charge on any atom is -0.303 e. The quantitative estimate of drug-likeness (QED) is 0.422. The Kier molecular flexibility index (Phi) is 1.72. The molecular weight excluding hydrogens is 126 g/mol. The Balaban J connectivity index is 3.83. The van der Waals surface area contributed by atoms with Crippen molar-refractivity contribution >= 4 is 19.2 Å². The summed E-state index contributed by atoms with van der Waals surface area (Å²) in [5.74, 6) is 0. The summed E-state index contributed by atoms with van der Waals surface area (Å²) in [5.41, 5.74) is 0. The van der Waals surface area contributed by atoms with Gasteiger partial charge in [-0.05, 0) is 25.0 Å². The molecule has 48 valence electrons. The van der Waals surface area contributed by atoms with E-state index >= 15 is 0 Å². The molecule has 1 nitrogen and oxygen atoms in total. The fourth-order valence-electron chi connectivity index (χ4n) is 0. The largest absolute Gasteiger partial charge is 0.303 e. The van der Waals surface area contributed by atoms with Gasteiger partial charge in [0.2, 0.25) is 0 Å². The molecule has 2 N–H and O–H groups in total. The molecule has 0 bridgehead atoms. The molecular formula is C4H15NS2. The number of thiol groups is 1. The molecule has 0 spiro atoms. The lowest BCUT2D eigenvalue weighted by Gasteiger charge is -2.45. The van der Waals surface area contributed by atoms with Gasteiger partial charge < -0.3 is 5.14 Å². The van der Waals surface area contributed by atoms with Crippen LogP contribution in [0.5, 0.6) is 0 Å². The van der Waals surface area contributed by atoms with Gasteiger partial charge in [-0.3, -0.25) is 0 Å². The second kappa shape index (κ2) is 1.57. The molecule has 0 atom stereocenters. The summed E-state index contributed by atoms with van der Waals surface area (Å²) < 4.78 is 0. The fourth-order valence-corrected chi connectivity index (χ4v) is 0. The SMILES string of the molecule is CS[SH](C)(C)(C)N. The van der Waals surface area contributed by atoms with Crippen LogP contribution in [-0.2, 0) is 0 Å². The molecule has 3 heteroatoms. The molecule has 0 unspecified atom stereocenters. The number of rotatable bonds is 1. The summed E-state index contributed by atoms with van der Waals surface area (Å²) in [6.45, 7) is 0. The lowest BCUT2D eigenvalue weighted by molar-refractivity contribution is 1.83. The number of nitrogens with two attached hydrogens (primary N) is 1. The highest BCUT2D eigenvalue weighted by Crippen LogP contribution is 2.61. The highest BCUT2D eigenvalue weighted by Gasteiger charge is 2.14. The van der Waals surface area contributed by atoms with E-state index in [1.807, 2.05) is 0 Å². The molecule has 0 aliphatic rings. The summed E-state index contributed by atoms with van der Waals surface area (Å²) >= 11 is 0. The first-order chi connectivity index (χ1) is 2.81. The van der Waals surface area contributed by atoms with E-state index in [2.05, 4.69) is 25.0 Å². The molecule has 0 rings (SSSR count). The Hall–Kier alpha value is 0.660. The van der Waals surface area contributed by atoms with Crippen molar-refractivity contribution in [1.82, 2.24) is 0 Å². The predicted molar refractivity (Wildman–Crippen MR) is 44.5 cm³/mol. The Morgan fingerprint density at radius 2 is 1.43 bits per heavy atom. The van der Waals surface area contributed by atoms with Gasteiger partial charge >= 0.3 is 0 Å². The van der Waals surface area contributed by atoms with Gasteiger partial charge in [0.15, 0.2) is 0 Å². The summed E-state index contributed by atoms with van der Waals surface area (Å²) in [4.78, 5) is 0. The van der Waals surface area contributed by atoms with Crippen LogP contribution in [0, 0.1) is 0 Å². The molecule has 0 amide bonds. The van der Waals surface area contributed by atoms with Crippen LogP contribution in [0.15, 0.2) is 0 Å². The van der Waals surface area contributed by atoms with Crippen molar-refractivity contribution in [2.75, 3.05) is 25.0 Å². The van der Waals surface area contributed by atoms with Crippen molar-refractivity contribution in [1.29, 1.82) is 0 Å². The molecule has 0 aromatic carbocycles. The van der Waals surface area contributed by atoms with E-state index in [0.29, 0.717) is 0 Å². The smallest absolute Gasteiger partial charge is 0.00990 e. The van der Waals surface area contributed by atoms with E-state index < -0.39 is 8.38 Å². The zero-order chi connectivity index (χ0) is 6.15. The van der Waals surface area contributed by atoms with Crippen molar-refractivity contribution in [3.63, 3.8) is 0 Å². The molecule has 7 heavy (non-hydrogen) atoms. The van der Waals surface area contributed by atoms with Crippen molar-refractivity contribution < 1.29 is 0 Å². The van der Waals surface area contributed by atoms with E-state index in [-0.39, 0.29) is 0 Å². The summed E-state index contributed by atoms with van der Waals surface area (Å²) in [6, 6.07) is 0. The zero-order valence-electron chi connectivity index (χ0n) is 5.43. The Labute approximate surface area is 49.9 Å².